The fourth-order valence-electron chi connectivity index (χ4n) is 4.93. The number of aliphatic carboxylic acids is 1. The van der Waals surface area contributed by atoms with Crippen molar-refractivity contribution in [1.82, 2.24) is 0 Å². The molecule has 12 heteroatoms. The molecular weight excluding hydrogens is 414 g/mol. The summed E-state index contributed by atoms with van der Waals surface area (Å²) in [6.45, 7) is -1.48. The van der Waals surface area contributed by atoms with E-state index in [1.165, 1.54) is 0 Å². The molecule has 0 radical (unpaired) electrons. The van der Waals surface area contributed by atoms with Crippen molar-refractivity contribution in [3.05, 3.63) is 0 Å². The number of hydrogen-bond donors (Lipinski definition) is 1. The molecule has 4 aliphatic carbocycles. The van der Waals surface area contributed by atoms with Gasteiger partial charge < -0.3 is 14.6 Å². The van der Waals surface area contributed by atoms with Crippen LogP contribution in [0.25, 0.3) is 0 Å². The summed E-state index contributed by atoms with van der Waals surface area (Å²) in [7, 11) is 0. The van der Waals surface area contributed by atoms with Crippen LogP contribution in [0.2, 0.25) is 0 Å². The van der Waals surface area contributed by atoms with Gasteiger partial charge in [0.05, 0.1) is 0 Å². The van der Waals surface area contributed by atoms with Gasteiger partial charge in [0.2, 0.25) is 0 Å². The molecule has 0 atom stereocenters. The number of hydrogen-bond acceptors (Lipinski definition) is 5. The van der Waals surface area contributed by atoms with Gasteiger partial charge in [-0.1, -0.05) is 0 Å². The number of halogens is 6. The van der Waals surface area contributed by atoms with Crippen LogP contribution in [0.3, 0.4) is 0 Å². The second-order valence-electron chi connectivity index (χ2n) is 7.99. The van der Waals surface area contributed by atoms with Crippen LogP contribution in [-0.4, -0.2) is 53.5 Å². The largest absolute Gasteiger partial charge is 0.477 e. The molecule has 4 aliphatic rings. The SMILES string of the molecule is O=C(COC(=O)C(F)(F)C(F)(F)C(F)(F)C(=O)O)OC1C2CC3CC(C2)CC1C3. The van der Waals surface area contributed by atoms with Crippen LogP contribution in [0.15, 0.2) is 0 Å². The molecule has 0 aliphatic heterocycles. The Bertz CT molecular complexity index is 681. The first-order chi connectivity index (χ1) is 13.3. The van der Waals surface area contributed by atoms with Gasteiger partial charge in [0.15, 0.2) is 6.61 Å². The van der Waals surface area contributed by atoms with E-state index in [-0.39, 0.29) is 11.8 Å². The van der Waals surface area contributed by atoms with Crippen LogP contribution in [-0.2, 0) is 23.9 Å². The topological polar surface area (TPSA) is 89.9 Å². The molecule has 4 saturated carbocycles. The Balaban J connectivity index is 1.57. The highest BCUT2D eigenvalue weighted by molar-refractivity contribution is 5.85. The number of ether oxygens (including phenoxy) is 2. The third-order valence-corrected chi connectivity index (χ3v) is 6.04. The van der Waals surface area contributed by atoms with Crippen molar-refractivity contribution in [1.29, 1.82) is 0 Å². The van der Waals surface area contributed by atoms with Crippen molar-refractivity contribution in [3.63, 3.8) is 0 Å². The van der Waals surface area contributed by atoms with E-state index >= 15 is 0 Å². The van der Waals surface area contributed by atoms with Gasteiger partial charge in [-0.2, -0.15) is 26.3 Å². The lowest BCUT2D eigenvalue weighted by atomic mass is 9.55. The minimum absolute atomic E-state index is 0.0888. The molecular formula is C17H18F6O6. The van der Waals surface area contributed by atoms with Gasteiger partial charge in [-0.05, 0) is 55.8 Å². The third kappa shape index (κ3) is 3.54. The average Bonchev–Trinajstić information content (AvgIpc) is 2.61. The zero-order valence-electron chi connectivity index (χ0n) is 14.9. The third-order valence-electron chi connectivity index (χ3n) is 6.04. The van der Waals surface area contributed by atoms with Crippen LogP contribution in [0, 0.1) is 23.7 Å². The van der Waals surface area contributed by atoms with E-state index in [9.17, 15) is 40.7 Å². The standard InChI is InChI=1S/C17H18F6O6/c18-15(19,13(25)26)17(22,23)16(20,21)14(27)28-6-11(24)29-12-9-2-7-1-8(4-9)5-10(12)3-7/h7-10,12H,1-6H2,(H,25,26). The number of alkyl halides is 6. The van der Waals surface area contributed by atoms with Gasteiger partial charge in [-0.3, -0.25) is 0 Å². The van der Waals surface area contributed by atoms with Crippen molar-refractivity contribution in [2.75, 3.05) is 6.61 Å². The van der Waals surface area contributed by atoms with Crippen molar-refractivity contribution < 1.29 is 55.3 Å². The van der Waals surface area contributed by atoms with Crippen molar-refractivity contribution in [2.45, 2.75) is 56.0 Å². The second-order valence-corrected chi connectivity index (χ2v) is 7.99. The predicted octanol–water partition coefficient (Wildman–Crippen LogP) is 2.89. The summed E-state index contributed by atoms with van der Waals surface area (Å²) in [6, 6.07) is 0. The number of esters is 2. The van der Waals surface area contributed by atoms with Crippen molar-refractivity contribution in [2.24, 2.45) is 23.7 Å². The number of carboxylic acids is 1. The average molecular weight is 432 g/mol. The maximum atomic E-state index is 13.5. The molecule has 4 rings (SSSR count). The Hall–Kier alpha value is -2.01. The summed E-state index contributed by atoms with van der Waals surface area (Å²) in [5.41, 5.74) is 0. The summed E-state index contributed by atoms with van der Waals surface area (Å²) in [6.07, 6.45) is 4.01. The summed E-state index contributed by atoms with van der Waals surface area (Å²) in [5, 5.41) is 8.03. The number of rotatable bonds is 7. The van der Waals surface area contributed by atoms with Gasteiger partial charge in [-0.25, -0.2) is 14.4 Å². The fourth-order valence-corrected chi connectivity index (χ4v) is 4.93. The molecule has 29 heavy (non-hydrogen) atoms. The van der Waals surface area contributed by atoms with E-state index in [0.29, 0.717) is 11.8 Å². The van der Waals surface area contributed by atoms with Crippen LogP contribution >= 0.6 is 0 Å². The predicted molar refractivity (Wildman–Crippen MR) is 80.4 cm³/mol. The molecule has 0 heterocycles. The van der Waals surface area contributed by atoms with Gasteiger partial charge in [0.25, 0.3) is 0 Å². The first-order valence-electron chi connectivity index (χ1n) is 9.01. The van der Waals surface area contributed by atoms with Crippen LogP contribution in [0.5, 0.6) is 0 Å². The lowest BCUT2D eigenvalue weighted by Gasteiger charge is -2.53. The first-order valence-corrected chi connectivity index (χ1v) is 9.01. The maximum Gasteiger partial charge on any atom is 0.411 e. The number of carboxylic acid groups (broad SMARTS) is 1. The molecule has 6 nitrogen and oxygen atoms in total. The van der Waals surface area contributed by atoms with Gasteiger partial charge in [-0.15, -0.1) is 0 Å². The van der Waals surface area contributed by atoms with E-state index in [1.807, 2.05) is 0 Å². The first kappa shape index (κ1) is 21.7. The molecule has 0 aromatic heterocycles. The highest BCUT2D eigenvalue weighted by Gasteiger charge is 2.79. The molecule has 0 amide bonds. The van der Waals surface area contributed by atoms with Gasteiger partial charge in [0.1, 0.15) is 6.10 Å². The molecule has 1 N–H and O–H groups in total. The Morgan fingerprint density at radius 3 is 1.76 bits per heavy atom. The summed E-state index contributed by atoms with van der Waals surface area (Å²) in [5.74, 6) is -25.7. The molecule has 0 aromatic rings. The molecule has 0 saturated heterocycles. The summed E-state index contributed by atoms with van der Waals surface area (Å²) >= 11 is 0. The minimum Gasteiger partial charge on any atom is -0.477 e. The Morgan fingerprint density at radius 2 is 1.31 bits per heavy atom. The quantitative estimate of drug-likeness (QED) is 0.492. The fraction of sp³-hybridized carbons (Fsp3) is 0.824. The lowest BCUT2D eigenvalue weighted by molar-refractivity contribution is -0.299. The zero-order chi connectivity index (χ0) is 21.8. The number of carbonyl (C=O) groups is 3. The summed E-state index contributed by atoms with van der Waals surface area (Å²) < 4.78 is 88.3. The molecule has 0 spiro atoms. The highest BCUT2D eigenvalue weighted by Crippen LogP contribution is 2.54. The minimum atomic E-state index is -6.58. The molecule has 164 valence electrons. The maximum absolute atomic E-state index is 13.5. The Kier molecular flexibility index (Phi) is 5.27. The highest BCUT2D eigenvalue weighted by atomic mass is 19.3. The van der Waals surface area contributed by atoms with E-state index in [2.05, 4.69) is 4.74 Å². The van der Waals surface area contributed by atoms with Gasteiger partial charge in [0, 0.05) is 0 Å². The van der Waals surface area contributed by atoms with E-state index < -0.39 is 48.4 Å². The van der Waals surface area contributed by atoms with Crippen LogP contribution in [0.1, 0.15) is 32.1 Å². The Morgan fingerprint density at radius 1 is 0.828 bits per heavy atom. The zero-order valence-corrected chi connectivity index (χ0v) is 14.9. The van der Waals surface area contributed by atoms with E-state index in [1.54, 1.807) is 0 Å². The van der Waals surface area contributed by atoms with Crippen LogP contribution in [0.4, 0.5) is 26.3 Å². The normalized spacial score (nSPS) is 31.4. The van der Waals surface area contributed by atoms with Crippen LogP contribution < -0.4 is 0 Å². The smallest absolute Gasteiger partial charge is 0.411 e. The molecule has 0 unspecified atom stereocenters. The van der Waals surface area contributed by atoms with Gasteiger partial charge >= 0.3 is 35.7 Å². The molecule has 4 fully saturated rings. The molecule has 0 aromatic carbocycles. The van der Waals surface area contributed by atoms with E-state index in [0.717, 1.165) is 32.1 Å². The van der Waals surface area contributed by atoms with E-state index in [4.69, 9.17) is 9.84 Å². The number of carbonyl (C=O) groups excluding carboxylic acids is 2. The monoisotopic (exact) mass is 432 g/mol. The lowest BCUT2D eigenvalue weighted by Crippen LogP contribution is -2.61. The summed E-state index contributed by atoms with van der Waals surface area (Å²) in [4.78, 5) is 33.2. The molecule has 4 bridgehead atoms. The second kappa shape index (κ2) is 7.05. The van der Waals surface area contributed by atoms with Crippen molar-refractivity contribution in [3.8, 4) is 0 Å². The van der Waals surface area contributed by atoms with Crippen molar-refractivity contribution >= 4 is 17.9 Å². The Labute approximate surface area is 160 Å².